The van der Waals surface area contributed by atoms with Crippen LogP contribution in [0.2, 0.25) is 0 Å². The van der Waals surface area contributed by atoms with Crippen LogP contribution in [0.4, 0.5) is 0 Å². The van der Waals surface area contributed by atoms with Crippen molar-refractivity contribution >= 4 is 12.0 Å². The summed E-state index contributed by atoms with van der Waals surface area (Å²) < 4.78 is 28.3. The zero-order valence-electron chi connectivity index (χ0n) is 25.0. The van der Waals surface area contributed by atoms with E-state index in [0.29, 0.717) is 42.7 Å². The van der Waals surface area contributed by atoms with Crippen molar-refractivity contribution in [3.05, 3.63) is 82.4 Å². The fraction of sp³-hybridized carbons (Fsp3) is 0.382. The number of rotatable bonds is 10. The van der Waals surface area contributed by atoms with Crippen LogP contribution in [0.3, 0.4) is 0 Å². The summed E-state index contributed by atoms with van der Waals surface area (Å²) >= 11 is 0. The maximum Gasteiger partial charge on any atom is 0.249 e. The lowest BCUT2D eigenvalue weighted by Crippen LogP contribution is -2.48. The van der Waals surface area contributed by atoms with Gasteiger partial charge in [-0.25, -0.2) is 0 Å². The van der Waals surface area contributed by atoms with Gasteiger partial charge in [0.05, 0.1) is 28.4 Å². The summed E-state index contributed by atoms with van der Waals surface area (Å²) in [4.78, 5) is 18.0. The van der Waals surface area contributed by atoms with Crippen LogP contribution < -0.4 is 23.7 Å². The van der Waals surface area contributed by atoms with Gasteiger partial charge in [-0.2, -0.15) is 0 Å². The van der Waals surface area contributed by atoms with Crippen molar-refractivity contribution in [2.45, 2.75) is 32.4 Å². The molecule has 3 aromatic rings. The van der Waals surface area contributed by atoms with E-state index in [0.717, 1.165) is 66.9 Å². The molecule has 42 heavy (non-hydrogen) atoms. The Morgan fingerprint density at radius 3 is 2.07 bits per heavy atom. The average Bonchev–Trinajstić information content (AvgIpc) is 3.25. The molecule has 1 aliphatic heterocycles. The fourth-order valence-electron chi connectivity index (χ4n) is 5.67. The minimum absolute atomic E-state index is 0.124. The summed E-state index contributed by atoms with van der Waals surface area (Å²) in [6.45, 7) is 4.17. The van der Waals surface area contributed by atoms with Crippen LogP contribution in [0.1, 0.15) is 35.1 Å². The van der Waals surface area contributed by atoms with Gasteiger partial charge in [0.1, 0.15) is 6.61 Å². The number of hydrogen-bond acceptors (Lipinski definition) is 7. The van der Waals surface area contributed by atoms with Crippen LogP contribution in [-0.4, -0.2) is 70.3 Å². The Labute approximate surface area is 248 Å². The lowest BCUT2D eigenvalue weighted by atomic mass is 10.0. The molecule has 0 radical (unpaired) electrons. The highest BCUT2D eigenvalue weighted by Gasteiger charge is 2.26. The van der Waals surface area contributed by atoms with Gasteiger partial charge >= 0.3 is 0 Å². The summed E-state index contributed by atoms with van der Waals surface area (Å²) in [5.74, 6) is 3.41. The summed E-state index contributed by atoms with van der Waals surface area (Å²) in [7, 11) is 6.51. The van der Waals surface area contributed by atoms with E-state index < -0.39 is 0 Å². The standard InChI is InChI=1S/C34H40N2O6/c1-38-29-21-28-19-27(12-8-11-26(28)20-30(29)42-23-24-9-6-5-7-10-24)34(37)36-15-13-35(14-16-36)22-25-17-31(39-2)33(41-4)32(18-25)40-3/h5-7,9-10,17-21H,8,11-16,22-23H2,1-4H3. The van der Waals surface area contributed by atoms with Gasteiger partial charge in [0, 0.05) is 38.3 Å². The second-order valence-electron chi connectivity index (χ2n) is 10.6. The Kier molecular flexibility index (Phi) is 9.54. The topological polar surface area (TPSA) is 69.7 Å². The number of amides is 1. The van der Waals surface area contributed by atoms with Gasteiger partial charge in [-0.1, -0.05) is 30.3 Å². The molecular formula is C34H40N2O6. The fourth-order valence-corrected chi connectivity index (χ4v) is 5.67. The summed E-state index contributed by atoms with van der Waals surface area (Å²) in [5.41, 5.74) is 5.24. The first-order chi connectivity index (χ1) is 20.5. The highest BCUT2D eigenvalue weighted by Crippen LogP contribution is 2.39. The SMILES string of the molecule is COc1cc2c(cc1OCc1ccccc1)CCCC(C(=O)N1CCN(Cc3cc(OC)c(OC)c(OC)c3)CC1)=C2. The molecular weight excluding hydrogens is 532 g/mol. The molecule has 0 N–H and O–H groups in total. The molecule has 3 aromatic carbocycles. The van der Waals surface area contributed by atoms with Gasteiger partial charge in [-0.15, -0.1) is 0 Å². The van der Waals surface area contributed by atoms with Crippen molar-refractivity contribution in [1.82, 2.24) is 9.80 Å². The zero-order chi connectivity index (χ0) is 29.5. The quantitative estimate of drug-likeness (QED) is 0.324. The van der Waals surface area contributed by atoms with Crippen LogP contribution in [0.15, 0.2) is 60.2 Å². The van der Waals surface area contributed by atoms with E-state index in [1.54, 1.807) is 28.4 Å². The highest BCUT2D eigenvalue weighted by atomic mass is 16.5. The molecule has 1 aliphatic carbocycles. The molecule has 8 nitrogen and oxygen atoms in total. The number of hydrogen-bond donors (Lipinski definition) is 0. The third-order valence-corrected chi connectivity index (χ3v) is 7.95. The molecule has 1 saturated heterocycles. The molecule has 222 valence electrons. The first-order valence-corrected chi connectivity index (χ1v) is 14.4. The normalized spacial score (nSPS) is 15.2. The van der Waals surface area contributed by atoms with E-state index >= 15 is 0 Å². The second-order valence-corrected chi connectivity index (χ2v) is 10.6. The Bertz CT molecular complexity index is 1390. The van der Waals surface area contributed by atoms with Crippen molar-refractivity contribution in [2.75, 3.05) is 54.6 Å². The van der Waals surface area contributed by atoms with E-state index in [1.165, 1.54) is 5.56 Å². The summed E-state index contributed by atoms with van der Waals surface area (Å²) in [6, 6.07) is 18.1. The van der Waals surface area contributed by atoms with Gasteiger partial charge in [0.25, 0.3) is 0 Å². The maximum atomic E-state index is 13.6. The predicted octanol–water partition coefficient (Wildman–Crippen LogP) is 5.36. The van der Waals surface area contributed by atoms with Gasteiger partial charge in [0.15, 0.2) is 23.0 Å². The number of nitrogens with zero attached hydrogens (tertiary/aromatic N) is 2. The molecule has 0 aromatic heterocycles. The van der Waals surface area contributed by atoms with Crippen LogP contribution in [0, 0.1) is 0 Å². The average molecular weight is 573 g/mol. The largest absolute Gasteiger partial charge is 0.493 e. The molecule has 1 amide bonds. The number of carbonyl (C=O) groups excluding carboxylic acids is 1. The van der Waals surface area contributed by atoms with Crippen molar-refractivity contribution in [1.29, 1.82) is 0 Å². The van der Waals surface area contributed by atoms with Gasteiger partial charge in [-0.3, -0.25) is 9.69 Å². The summed E-state index contributed by atoms with van der Waals surface area (Å²) in [6.07, 6.45) is 4.60. The number of aryl methyl sites for hydroxylation is 1. The van der Waals surface area contributed by atoms with Crippen LogP contribution in [0.25, 0.3) is 6.08 Å². The number of methoxy groups -OCH3 is 4. The smallest absolute Gasteiger partial charge is 0.249 e. The molecule has 0 atom stereocenters. The number of ether oxygens (including phenoxy) is 5. The lowest BCUT2D eigenvalue weighted by molar-refractivity contribution is -0.129. The Morgan fingerprint density at radius 2 is 1.43 bits per heavy atom. The molecule has 1 heterocycles. The van der Waals surface area contributed by atoms with E-state index in [9.17, 15) is 4.79 Å². The van der Waals surface area contributed by atoms with Crippen molar-refractivity contribution in [3.8, 4) is 28.7 Å². The van der Waals surface area contributed by atoms with E-state index in [1.807, 2.05) is 53.4 Å². The minimum Gasteiger partial charge on any atom is -0.493 e. The van der Waals surface area contributed by atoms with Crippen LogP contribution >= 0.6 is 0 Å². The number of fused-ring (bicyclic) bond motifs is 1. The summed E-state index contributed by atoms with van der Waals surface area (Å²) in [5, 5.41) is 0. The van der Waals surface area contributed by atoms with Crippen molar-refractivity contribution < 1.29 is 28.5 Å². The Morgan fingerprint density at radius 1 is 0.738 bits per heavy atom. The number of benzene rings is 3. The maximum absolute atomic E-state index is 13.6. The monoisotopic (exact) mass is 572 g/mol. The van der Waals surface area contributed by atoms with Crippen LogP contribution in [0.5, 0.6) is 28.7 Å². The van der Waals surface area contributed by atoms with Crippen LogP contribution in [-0.2, 0) is 24.4 Å². The van der Waals surface area contributed by atoms with E-state index in [4.69, 9.17) is 23.7 Å². The first kappa shape index (κ1) is 29.3. The molecule has 0 spiro atoms. The molecule has 8 heteroatoms. The highest BCUT2D eigenvalue weighted by molar-refractivity contribution is 5.98. The number of carbonyl (C=O) groups is 1. The second kappa shape index (κ2) is 13.7. The molecule has 5 rings (SSSR count). The van der Waals surface area contributed by atoms with E-state index in [-0.39, 0.29) is 5.91 Å². The molecule has 1 fully saturated rings. The van der Waals surface area contributed by atoms with Gasteiger partial charge in [-0.05, 0) is 71.9 Å². The molecule has 2 aliphatic rings. The number of piperazine rings is 1. The first-order valence-electron chi connectivity index (χ1n) is 14.4. The third-order valence-electron chi connectivity index (χ3n) is 7.95. The Balaban J connectivity index is 1.24. The van der Waals surface area contributed by atoms with Gasteiger partial charge < -0.3 is 28.6 Å². The minimum atomic E-state index is 0.124. The van der Waals surface area contributed by atoms with Crippen molar-refractivity contribution in [3.63, 3.8) is 0 Å². The van der Waals surface area contributed by atoms with Gasteiger partial charge in [0.2, 0.25) is 11.7 Å². The molecule has 0 bridgehead atoms. The predicted molar refractivity (Wildman–Crippen MR) is 163 cm³/mol. The molecule has 0 unspecified atom stereocenters. The van der Waals surface area contributed by atoms with E-state index in [2.05, 4.69) is 17.0 Å². The van der Waals surface area contributed by atoms with Crippen molar-refractivity contribution in [2.24, 2.45) is 0 Å². The lowest BCUT2D eigenvalue weighted by Gasteiger charge is -2.35. The molecule has 0 saturated carbocycles. The third kappa shape index (κ3) is 6.65. The zero-order valence-corrected chi connectivity index (χ0v) is 25.0. The Hall–Kier alpha value is -4.17.